The lowest BCUT2D eigenvalue weighted by atomic mass is 10.2. The van der Waals surface area contributed by atoms with E-state index in [0.717, 1.165) is 82.3 Å². The Morgan fingerprint density at radius 1 is 0.712 bits per heavy atom. The van der Waals surface area contributed by atoms with E-state index in [4.69, 9.17) is 66.1 Å². The van der Waals surface area contributed by atoms with Crippen molar-refractivity contribution in [2.24, 2.45) is 0 Å². The molecule has 0 atom stereocenters. The molecule has 0 unspecified atom stereocenters. The Morgan fingerprint density at radius 2 is 1.25 bits per heavy atom. The standard InChI is InChI=1S/C36H30Cl4N4O5S3/c37-20-5-7-30(26(39)13-20)43-35-22-9-12-50-32(22)15-23(35)28(41-43)18-48-10-3-1-2-4-11-49-19-29-24-16-33-25(17-34(51-33)52(45,46)47)36(24)44(42-29)31-8-6-21(38)14-27(31)40/h5-9,12-14,17H,1-4,10-11,15-16,18-19H2,(H,45,46,47). The van der Waals surface area contributed by atoms with E-state index in [1.807, 2.05) is 16.8 Å². The predicted molar refractivity (Wildman–Crippen MR) is 207 cm³/mol. The van der Waals surface area contributed by atoms with Gasteiger partial charge in [0, 0.05) is 68.1 Å². The lowest BCUT2D eigenvalue weighted by Crippen LogP contribution is -2.03. The van der Waals surface area contributed by atoms with E-state index in [9.17, 15) is 13.0 Å². The van der Waals surface area contributed by atoms with Crippen LogP contribution in [0.1, 0.15) is 58.0 Å². The third-order valence-electron chi connectivity index (χ3n) is 9.19. The van der Waals surface area contributed by atoms with Gasteiger partial charge in [-0.05, 0) is 66.8 Å². The summed E-state index contributed by atoms with van der Waals surface area (Å²) in [5.41, 5.74) is 8.96. The molecule has 16 heteroatoms. The van der Waals surface area contributed by atoms with Crippen LogP contribution in [0.4, 0.5) is 0 Å². The Morgan fingerprint density at radius 3 is 1.79 bits per heavy atom. The first-order chi connectivity index (χ1) is 25.1. The Bertz CT molecular complexity index is 2440. The van der Waals surface area contributed by atoms with Crippen molar-refractivity contribution in [3.8, 4) is 33.9 Å². The Hall–Kier alpha value is -2.75. The molecule has 0 fully saturated rings. The van der Waals surface area contributed by atoms with Crippen LogP contribution in [0.3, 0.4) is 0 Å². The van der Waals surface area contributed by atoms with Gasteiger partial charge in [0.1, 0.15) is 4.21 Å². The molecule has 0 spiro atoms. The van der Waals surface area contributed by atoms with Crippen LogP contribution in [0.25, 0.3) is 33.9 Å². The third kappa shape index (κ3) is 6.99. The smallest absolute Gasteiger partial charge is 0.304 e. The molecule has 6 aromatic rings. The topological polar surface area (TPSA) is 108 Å². The fourth-order valence-corrected chi connectivity index (χ4v) is 10.5. The molecule has 2 aliphatic rings. The maximum absolute atomic E-state index is 11.9. The second kappa shape index (κ2) is 14.8. The number of nitrogens with zero attached hydrogens (tertiary/aromatic N) is 4. The zero-order chi connectivity index (χ0) is 36.1. The second-order valence-electron chi connectivity index (χ2n) is 12.6. The number of thiophene rings is 2. The monoisotopic (exact) mass is 834 g/mol. The zero-order valence-electron chi connectivity index (χ0n) is 27.4. The summed E-state index contributed by atoms with van der Waals surface area (Å²) in [5, 5.41) is 13.9. The molecule has 2 aliphatic carbocycles. The van der Waals surface area contributed by atoms with E-state index < -0.39 is 10.1 Å². The van der Waals surface area contributed by atoms with E-state index in [1.165, 1.54) is 22.1 Å². The summed E-state index contributed by atoms with van der Waals surface area (Å²) in [6.45, 7) is 1.93. The van der Waals surface area contributed by atoms with Gasteiger partial charge in [-0.1, -0.05) is 59.2 Å². The van der Waals surface area contributed by atoms with Crippen molar-refractivity contribution in [1.29, 1.82) is 0 Å². The summed E-state index contributed by atoms with van der Waals surface area (Å²) < 4.78 is 49.1. The number of unbranched alkanes of at least 4 members (excludes halogenated alkanes) is 3. The minimum Gasteiger partial charge on any atom is -0.375 e. The molecule has 0 saturated carbocycles. The van der Waals surface area contributed by atoms with E-state index in [0.29, 0.717) is 64.2 Å². The lowest BCUT2D eigenvalue weighted by Gasteiger charge is -2.09. The Labute approximate surface area is 328 Å². The quantitative estimate of drug-likeness (QED) is 0.0858. The van der Waals surface area contributed by atoms with Gasteiger partial charge in [-0.25, -0.2) is 9.36 Å². The summed E-state index contributed by atoms with van der Waals surface area (Å²) in [6.07, 6.45) is 5.13. The largest absolute Gasteiger partial charge is 0.375 e. The fraction of sp³-hybridized carbons (Fsp3) is 0.278. The van der Waals surface area contributed by atoms with Gasteiger partial charge < -0.3 is 9.47 Å². The second-order valence-corrected chi connectivity index (χ2v) is 18.0. The summed E-state index contributed by atoms with van der Waals surface area (Å²) in [6, 6.07) is 14.2. The van der Waals surface area contributed by atoms with Crippen molar-refractivity contribution in [2.75, 3.05) is 13.2 Å². The first-order valence-corrected chi connectivity index (χ1v) is 21.2. The van der Waals surface area contributed by atoms with Crippen molar-refractivity contribution in [3.63, 3.8) is 0 Å². The Kier molecular flexibility index (Phi) is 10.3. The molecule has 52 heavy (non-hydrogen) atoms. The maximum Gasteiger partial charge on any atom is 0.304 e. The average molecular weight is 837 g/mol. The molecule has 8 rings (SSSR count). The number of halogens is 4. The van der Waals surface area contributed by atoms with Crippen LogP contribution < -0.4 is 0 Å². The lowest BCUT2D eigenvalue weighted by molar-refractivity contribution is 0.105. The van der Waals surface area contributed by atoms with Crippen molar-refractivity contribution in [1.82, 2.24) is 19.6 Å². The minimum atomic E-state index is -4.33. The zero-order valence-corrected chi connectivity index (χ0v) is 32.8. The van der Waals surface area contributed by atoms with E-state index in [2.05, 4.69) is 11.4 Å². The number of fused-ring (bicyclic) bond motifs is 6. The molecule has 270 valence electrons. The van der Waals surface area contributed by atoms with Crippen molar-refractivity contribution in [2.45, 2.75) is 55.9 Å². The van der Waals surface area contributed by atoms with Gasteiger partial charge in [0.05, 0.1) is 57.4 Å². The highest BCUT2D eigenvalue weighted by atomic mass is 35.5. The molecular formula is C36H30Cl4N4O5S3. The predicted octanol–water partition coefficient (Wildman–Crippen LogP) is 10.5. The number of hydrogen-bond donors (Lipinski definition) is 1. The minimum absolute atomic E-state index is 0.0998. The number of ether oxygens (including phenoxy) is 2. The van der Waals surface area contributed by atoms with Gasteiger partial charge >= 0.3 is 10.1 Å². The van der Waals surface area contributed by atoms with E-state index in [1.54, 1.807) is 40.3 Å². The van der Waals surface area contributed by atoms with Gasteiger partial charge in [-0.2, -0.15) is 18.6 Å². The summed E-state index contributed by atoms with van der Waals surface area (Å²) in [5.74, 6) is 0. The van der Waals surface area contributed by atoms with Gasteiger partial charge in [0.2, 0.25) is 0 Å². The fourth-order valence-electron chi connectivity index (χ4n) is 6.77. The van der Waals surface area contributed by atoms with Crippen LogP contribution in [0.2, 0.25) is 20.1 Å². The first kappa shape index (κ1) is 36.2. The van der Waals surface area contributed by atoms with Crippen LogP contribution in [-0.4, -0.2) is 45.7 Å². The SMILES string of the molecule is O=S(=O)(O)c1cc2c(s1)Cc1c(COCCCCCCOCc3nn(-c4ccc(Cl)cc4Cl)c4c3Cc3sccc3-4)nn(-c3ccc(Cl)cc3Cl)c1-2. The molecule has 0 saturated heterocycles. The molecule has 4 aromatic heterocycles. The average Bonchev–Trinajstić information content (AvgIpc) is 3.92. The molecular weight excluding hydrogens is 806 g/mol. The molecule has 0 amide bonds. The Balaban J connectivity index is 0.840. The molecule has 0 aliphatic heterocycles. The van der Waals surface area contributed by atoms with Crippen LogP contribution in [0.5, 0.6) is 0 Å². The van der Waals surface area contributed by atoms with Crippen molar-refractivity contribution >= 4 is 79.2 Å². The maximum atomic E-state index is 11.9. The van der Waals surface area contributed by atoms with Crippen LogP contribution in [0, 0.1) is 0 Å². The highest BCUT2D eigenvalue weighted by molar-refractivity contribution is 7.88. The molecule has 0 bridgehead atoms. The van der Waals surface area contributed by atoms with Gasteiger partial charge in [0.15, 0.2) is 0 Å². The molecule has 1 N–H and O–H groups in total. The van der Waals surface area contributed by atoms with Gasteiger partial charge in [0.25, 0.3) is 0 Å². The van der Waals surface area contributed by atoms with E-state index >= 15 is 0 Å². The highest BCUT2D eigenvalue weighted by Gasteiger charge is 2.33. The van der Waals surface area contributed by atoms with E-state index in [-0.39, 0.29) is 4.21 Å². The van der Waals surface area contributed by atoms with Crippen LogP contribution >= 0.6 is 69.1 Å². The van der Waals surface area contributed by atoms with Gasteiger partial charge in [-0.3, -0.25) is 4.55 Å². The highest BCUT2D eigenvalue weighted by Crippen LogP contribution is 2.46. The van der Waals surface area contributed by atoms with Crippen LogP contribution in [0.15, 0.2) is 58.1 Å². The number of aromatic nitrogens is 4. The first-order valence-electron chi connectivity index (χ1n) is 16.5. The third-order valence-corrected chi connectivity index (χ3v) is 13.6. The normalized spacial score (nSPS) is 13.1. The number of rotatable bonds is 14. The van der Waals surface area contributed by atoms with Gasteiger partial charge in [-0.15, -0.1) is 22.7 Å². The summed E-state index contributed by atoms with van der Waals surface area (Å²) in [7, 11) is -4.33. The number of benzene rings is 2. The molecule has 0 radical (unpaired) electrons. The molecule has 9 nitrogen and oxygen atoms in total. The van der Waals surface area contributed by atoms with Crippen molar-refractivity contribution < 1.29 is 22.4 Å². The summed E-state index contributed by atoms with van der Waals surface area (Å²) in [4.78, 5) is 2.16. The summed E-state index contributed by atoms with van der Waals surface area (Å²) >= 11 is 28.3. The van der Waals surface area contributed by atoms with Crippen molar-refractivity contribution in [3.05, 3.63) is 106 Å². The molecule has 4 heterocycles. The van der Waals surface area contributed by atoms with Crippen LogP contribution in [-0.2, 0) is 45.6 Å². The molecule has 2 aromatic carbocycles. The number of hydrogen-bond acceptors (Lipinski definition) is 8.